The maximum absolute atomic E-state index is 12.6. The summed E-state index contributed by atoms with van der Waals surface area (Å²) in [6, 6.07) is 9.75. The van der Waals surface area contributed by atoms with Gasteiger partial charge in [0.1, 0.15) is 11.1 Å². The first-order valence-corrected chi connectivity index (χ1v) is 9.18. The second-order valence-electron chi connectivity index (χ2n) is 7.86. The third kappa shape index (κ3) is 3.33. The Hall–Kier alpha value is -2.16. The van der Waals surface area contributed by atoms with Gasteiger partial charge in [-0.25, -0.2) is 0 Å². The molecule has 2 heterocycles. The van der Waals surface area contributed by atoms with Crippen LogP contribution >= 0.6 is 11.3 Å². The lowest BCUT2D eigenvalue weighted by atomic mass is 9.81. The fourth-order valence-electron chi connectivity index (χ4n) is 3.61. The molecule has 0 saturated carbocycles. The first-order valence-electron chi connectivity index (χ1n) is 8.36. The summed E-state index contributed by atoms with van der Waals surface area (Å²) in [5.41, 5.74) is 3.03. The molecule has 0 saturated heterocycles. The van der Waals surface area contributed by atoms with E-state index in [0.29, 0.717) is 16.1 Å². The van der Waals surface area contributed by atoms with Gasteiger partial charge in [0.05, 0.1) is 5.56 Å². The molecular formula is C20H23N3OS. The Kier molecular flexibility index (Phi) is 4.22. The Labute approximate surface area is 152 Å². The van der Waals surface area contributed by atoms with E-state index in [-0.39, 0.29) is 17.0 Å². The van der Waals surface area contributed by atoms with Crippen molar-refractivity contribution >= 4 is 22.2 Å². The molecular weight excluding hydrogens is 330 g/mol. The molecule has 1 aromatic heterocycles. The number of aryl methyl sites for hydroxylation is 1. The summed E-state index contributed by atoms with van der Waals surface area (Å²) in [4.78, 5) is 13.7. The third-order valence-corrected chi connectivity index (χ3v) is 5.97. The van der Waals surface area contributed by atoms with Crippen LogP contribution in [0.4, 0.5) is 5.00 Å². The number of nitrogens with one attached hydrogen (secondary N) is 2. The van der Waals surface area contributed by atoms with Gasteiger partial charge >= 0.3 is 0 Å². The highest BCUT2D eigenvalue weighted by molar-refractivity contribution is 7.17. The summed E-state index contributed by atoms with van der Waals surface area (Å²) in [5, 5.41) is 16.9. The molecule has 0 atom stereocenters. The van der Waals surface area contributed by atoms with Crippen molar-refractivity contribution in [1.29, 1.82) is 5.26 Å². The van der Waals surface area contributed by atoms with Crippen LogP contribution in [0.15, 0.2) is 24.3 Å². The van der Waals surface area contributed by atoms with Gasteiger partial charge in [-0.2, -0.15) is 5.26 Å². The zero-order valence-corrected chi connectivity index (χ0v) is 16.1. The minimum Gasteiger partial charge on any atom is -0.312 e. The van der Waals surface area contributed by atoms with E-state index in [1.807, 2.05) is 19.1 Å². The van der Waals surface area contributed by atoms with Gasteiger partial charge in [0.15, 0.2) is 0 Å². The van der Waals surface area contributed by atoms with E-state index in [4.69, 9.17) is 0 Å². The van der Waals surface area contributed by atoms with Gasteiger partial charge in [-0.05, 0) is 58.7 Å². The first-order chi connectivity index (χ1) is 11.6. The second-order valence-corrected chi connectivity index (χ2v) is 8.88. The van der Waals surface area contributed by atoms with Crippen LogP contribution in [0.1, 0.15) is 59.6 Å². The van der Waals surface area contributed by atoms with Gasteiger partial charge in [0, 0.05) is 21.5 Å². The van der Waals surface area contributed by atoms with Crippen LogP contribution in [0.5, 0.6) is 0 Å². The number of amides is 1. The maximum Gasteiger partial charge on any atom is 0.256 e. The summed E-state index contributed by atoms with van der Waals surface area (Å²) in [6.07, 6.45) is 0.769. The maximum atomic E-state index is 12.6. The molecule has 0 unspecified atom stereocenters. The number of fused-ring (bicyclic) bond motifs is 1. The Morgan fingerprint density at radius 2 is 1.88 bits per heavy atom. The Balaban J connectivity index is 1.99. The van der Waals surface area contributed by atoms with Crippen molar-refractivity contribution in [3.63, 3.8) is 0 Å². The van der Waals surface area contributed by atoms with Crippen LogP contribution < -0.4 is 10.6 Å². The SMILES string of the molecule is Cc1ccc(C(=O)Nc2sc3c(c2C#N)CC(C)(C)NC3(C)C)cc1. The number of carbonyl (C=O) groups excluding carboxylic acids is 1. The molecule has 4 nitrogen and oxygen atoms in total. The fraction of sp³-hybridized carbons (Fsp3) is 0.400. The normalized spacial score (nSPS) is 17.4. The van der Waals surface area contributed by atoms with E-state index in [1.165, 1.54) is 11.3 Å². The highest BCUT2D eigenvalue weighted by Gasteiger charge is 2.40. The van der Waals surface area contributed by atoms with Crippen molar-refractivity contribution in [1.82, 2.24) is 5.32 Å². The summed E-state index contributed by atoms with van der Waals surface area (Å²) in [7, 11) is 0. The molecule has 1 aliphatic heterocycles. The van der Waals surface area contributed by atoms with Crippen LogP contribution in [0, 0.1) is 18.3 Å². The van der Waals surface area contributed by atoms with Gasteiger partial charge in [0.2, 0.25) is 0 Å². The lowest BCUT2D eigenvalue weighted by molar-refractivity contribution is 0.102. The molecule has 2 aromatic rings. The van der Waals surface area contributed by atoms with E-state index in [0.717, 1.165) is 22.4 Å². The number of rotatable bonds is 2. The largest absolute Gasteiger partial charge is 0.312 e. The Morgan fingerprint density at radius 3 is 2.48 bits per heavy atom. The molecule has 0 bridgehead atoms. The number of carbonyl (C=O) groups is 1. The lowest BCUT2D eigenvalue weighted by Crippen LogP contribution is -2.54. The molecule has 1 aliphatic rings. The lowest BCUT2D eigenvalue weighted by Gasteiger charge is -2.42. The molecule has 0 radical (unpaired) electrons. The van der Waals surface area contributed by atoms with Crippen LogP contribution in [0.25, 0.3) is 0 Å². The quantitative estimate of drug-likeness (QED) is 0.844. The smallest absolute Gasteiger partial charge is 0.256 e. The van der Waals surface area contributed by atoms with Crippen LogP contribution in [0.3, 0.4) is 0 Å². The van der Waals surface area contributed by atoms with Crippen LogP contribution in [0.2, 0.25) is 0 Å². The summed E-state index contributed by atoms with van der Waals surface area (Å²) < 4.78 is 0. The molecule has 1 amide bonds. The van der Waals surface area contributed by atoms with Crippen molar-refractivity contribution in [3.8, 4) is 6.07 Å². The molecule has 2 N–H and O–H groups in total. The van der Waals surface area contributed by atoms with E-state index >= 15 is 0 Å². The highest BCUT2D eigenvalue weighted by atomic mass is 32.1. The first kappa shape index (κ1) is 17.7. The van der Waals surface area contributed by atoms with Crippen molar-refractivity contribution in [2.75, 3.05) is 5.32 Å². The monoisotopic (exact) mass is 353 g/mol. The van der Waals surface area contributed by atoms with Gasteiger partial charge in [-0.1, -0.05) is 17.7 Å². The average molecular weight is 353 g/mol. The Bertz CT molecular complexity index is 870. The van der Waals surface area contributed by atoms with Gasteiger partial charge in [0.25, 0.3) is 5.91 Å². The van der Waals surface area contributed by atoms with E-state index in [9.17, 15) is 10.1 Å². The standard InChI is InChI=1S/C20H23N3OS/c1-12-6-8-13(9-7-12)17(24)22-18-15(11-21)14-10-19(2,3)23-20(4,5)16(14)25-18/h6-9,23H,10H2,1-5H3,(H,22,24). The number of thiophene rings is 1. The fourth-order valence-corrected chi connectivity index (χ4v) is 4.84. The van der Waals surface area contributed by atoms with Crippen molar-refractivity contribution < 1.29 is 4.79 Å². The third-order valence-electron chi connectivity index (χ3n) is 4.50. The van der Waals surface area contributed by atoms with Gasteiger partial charge in [-0.3, -0.25) is 4.79 Å². The number of nitriles is 1. The van der Waals surface area contributed by atoms with Crippen LogP contribution in [-0.2, 0) is 12.0 Å². The zero-order chi connectivity index (χ0) is 18.4. The minimum absolute atomic E-state index is 0.0958. The molecule has 0 spiro atoms. The van der Waals surface area contributed by atoms with E-state index in [2.05, 4.69) is 44.4 Å². The summed E-state index contributed by atoms with van der Waals surface area (Å²) >= 11 is 1.50. The van der Waals surface area contributed by atoms with E-state index < -0.39 is 0 Å². The summed E-state index contributed by atoms with van der Waals surface area (Å²) in [6.45, 7) is 10.5. The predicted molar refractivity (Wildman–Crippen MR) is 102 cm³/mol. The average Bonchev–Trinajstić information content (AvgIpc) is 2.83. The van der Waals surface area contributed by atoms with Crippen molar-refractivity contribution in [2.45, 2.75) is 52.1 Å². The van der Waals surface area contributed by atoms with Gasteiger partial charge in [-0.15, -0.1) is 11.3 Å². The Morgan fingerprint density at radius 1 is 1.24 bits per heavy atom. The second kappa shape index (κ2) is 5.98. The van der Waals surface area contributed by atoms with E-state index in [1.54, 1.807) is 12.1 Å². The van der Waals surface area contributed by atoms with Gasteiger partial charge < -0.3 is 10.6 Å². The summed E-state index contributed by atoms with van der Waals surface area (Å²) in [5.74, 6) is -0.180. The molecule has 5 heteroatoms. The number of nitrogens with zero attached hydrogens (tertiary/aromatic N) is 1. The molecule has 0 aliphatic carbocycles. The van der Waals surface area contributed by atoms with Crippen LogP contribution in [-0.4, -0.2) is 11.4 Å². The number of benzene rings is 1. The molecule has 130 valence electrons. The van der Waals surface area contributed by atoms with Crippen molar-refractivity contribution in [2.24, 2.45) is 0 Å². The predicted octanol–water partition coefficient (Wildman–Crippen LogP) is 4.34. The highest BCUT2D eigenvalue weighted by Crippen LogP contribution is 2.44. The zero-order valence-electron chi connectivity index (χ0n) is 15.3. The molecule has 0 fully saturated rings. The molecule has 1 aromatic carbocycles. The number of anilines is 1. The molecule has 25 heavy (non-hydrogen) atoms. The molecule has 3 rings (SSSR count). The van der Waals surface area contributed by atoms with Crippen molar-refractivity contribution in [3.05, 3.63) is 51.4 Å². The topological polar surface area (TPSA) is 64.9 Å². The number of hydrogen-bond donors (Lipinski definition) is 2. The minimum atomic E-state index is -0.236. The number of hydrogen-bond acceptors (Lipinski definition) is 4.